The Hall–Kier alpha value is -1.93. The number of halogens is 3. The van der Waals surface area contributed by atoms with Gasteiger partial charge in [0.1, 0.15) is 0 Å². The Bertz CT molecular complexity index is 639. The lowest BCUT2D eigenvalue weighted by Crippen LogP contribution is -2.08. The minimum absolute atomic E-state index is 0.00161. The third kappa shape index (κ3) is 2.74. The summed E-state index contributed by atoms with van der Waals surface area (Å²) in [4.78, 5) is 0.645. The molecule has 0 heterocycles. The standard InChI is InChI=1S/C14H8F3NS/c15-14(16,17)12-3-1-2-10(8-18)13(12)9-4-6-11(19)7-5-9/h1-7,19H. The topological polar surface area (TPSA) is 23.8 Å². The second-order valence-electron chi connectivity index (χ2n) is 3.88. The molecule has 0 aliphatic heterocycles. The van der Waals surface area contributed by atoms with Crippen LogP contribution in [-0.4, -0.2) is 0 Å². The van der Waals surface area contributed by atoms with Crippen LogP contribution in [0, 0.1) is 11.3 Å². The zero-order valence-corrected chi connectivity index (χ0v) is 10.5. The van der Waals surface area contributed by atoms with Crippen molar-refractivity contribution in [3.63, 3.8) is 0 Å². The van der Waals surface area contributed by atoms with E-state index >= 15 is 0 Å². The van der Waals surface area contributed by atoms with Crippen LogP contribution < -0.4 is 0 Å². The van der Waals surface area contributed by atoms with Gasteiger partial charge in [0.2, 0.25) is 0 Å². The number of benzene rings is 2. The number of nitriles is 1. The molecule has 0 unspecified atom stereocenters. The van der Waals surface area contributed by atoms with Crippen LogP contribution in [0.25, 0.3) is 11.1 Å². The van der Waals surface area contributed by atoms with E-state index < -0.39 is 11.7 Å². The highest BCUT2D eigenvalue weighted by molar-refractivity contribution is 7.80. The predicted molar refractivity (Wildman–Crippen MR) is 68.8 cm³/mol. The van der Waals surface area contributed by atoms with E-state index in [0.29, 0.717) is 10.5 Å². The Morgan fingerprint density at radius 2 is 1.63 bits per heavy atom. The number of hydrogen-bond acceptors (Lipinski definition) is 2. The Labute approximate surface area is 113 Å². The summed E-state index contributed by atoms with van der Waals surface area (Å²) in [5, 5.41) is 8.99. The maximum absolute atomic E-state index is 13.0. The minimum Gasteiger partial charge on any atom is -0.192 e. The molecule has 0 aromatic heterocycles. The van der Waals surface area contributed by atoms with E-state index in [4.69, 9.17) is 5.26 Å². The van der Waals surface area contributed by atoms with Gasteiger partial charge < -0.3 is 0 Å². The number of hydrogen-bond donors (Lipinski definition) is 1. The van der Waals surface area contributed by atoms with E-state index in [0.717, 1.165) is 6.07 Å². The van der Waals surface area contributed by atoms with Gasteiger partial charge in [0.15, 0.2) is 0 Å². The van der Waals surface area contributed by atoms with Gasteiger partial charge in [-0.2, -0.15) is 18.4 Å². The first-order valence-electron chi connectivity index (χ1n) is 5.33. The molecule has 2 rings (SSSR count). The fraction of sp³-hybridized carbons (Fsp3) is 0.0714. The van der Waals surface area contributed by atoms with Crippen LogP contribution >= 0.6 is 12.6 Å². The number of thiol groups is 1. The molecule has 5 heteroatoms. The smallest absolute Gasteiger partial charge is 0.192 e. The SMILES string of the molecule is N#Cc1cccc(C(F)(F)F)c1-c1ccc(S)cc1. The van der Waals surface area contributed by atoms with Crippen molar-refractivity contribution in [2.75, 3.05) is 0 Å². The van der Waals surface area contributed by atoms with E-state index in [2.05, 4.69) is 12.6 Å². The summed E-state index contributed by atoms with van der Waals surface area (Å²) in [5.74, 6) is 0. The molecule has 0 aliphatic rings. The lowest BCUT2D eigenvalue weighted by Gasteiger charge is -2.14. The second-order valence-corrected chi connectivity index (χ2v) is 4.40. The van der Waals surface area contributed by atoms with E-state index in [-0.39, 0.29) is 11.1 Å². The van der Waals surface area contributed by atoms with Gasteiger partial charge in [0.05, 0.1) is 17.2 Å². The summed E-state index contributed by atoms with van der Waals surface area (Å²) >= 11 is 4.09. The lowest BCUT2D eigenvalue weighted by molar-refractivity contribution is -0.137. The summed E-state index contributed by atoms with van der Waals surface area (Å²) in [6.45, 7) is 0. The Morgan fingerprint density at radius 3 is 2.16 bits per heavy atom. The molecule has 0 saturated heterocycles. The molecule has 0 aliphatic carbocycles. The summed E-state index contributed by atoms with van der Waals surface area (Å²) in [5.41, 5.74) is -0.548. The molecular formula is C14H8F3NS. The summed E-state index contributed by atoms with van der Waals surface area (Å²) in [6, 6.07) is 11.6. The first-order chi connectivity index (χ1) is 8.93. The van der Waals surface area contributed by atoms with Crippen molar-refractivity contribution >= 4 is 12.6 Å². The highest BCUT2D eigenvalue weighted by atomic mass is 32.1. The first-order valence-corrected chi connectivity index (χ1v) is 5.78. The first kappa shape index (κ1) is 13.5. The van der Waals surface area contributed by atoms with Crippen molar-refractivity contribution in [1.29, 1.82) is 5.26 Å². The van der Waals surface area contributed by atoms with E-state index in [9.17, 15) is 13.2 Å². The van der Waals surface area contributed by atoms with Crippen LogP contribution in [0.2, 0.25) is 0 Å². The molecule has 0 amide bonds. The molecule has 0 N–H and O–H groups in total. The van der Waals surface area contributed by atoms with Crippen LogP contribution in [0.15, 0.2) is 47.4 Å². The highest BCUT2D eigenvalue weighted by Crippen LogP contribution is 2.38. The van der Waals surface area contributed by atoms with Crippen molar-refractivity contribution in [3.8, 4) is 17.2 Å². The normalized spacial score (nSPS) is 11.1. The van der Waals surface area contributed by atoms with Crippen molar-refractivity contribution in [3.05, 3.63) is 53.6 Å². The zero-order chi connectivity index (χ0) is 14.0. The number of nitrogens with zero attached hydrogens (tertiary/aromatic N) is 1. The van der Waals surface area contributed by atoms with E-state index in [1.165, 1.54) is 24.3 Å². The van der Waals surface area contributed by atoms with Gasteiger partial charge in [0.25, 0.3) is 0 Å². The predicted octanol–water partition coefficient (Wildman–Crippen LogP) is 4.53. The monoisotopic (exact) mass is 279 g/mol. The van der Waals surface area contributed by atoms with Gasteiger partial charge in [-0.05, 0) is 29.8 Å². The summed E-state index contributed by atoms with van der Waals surface area (Å²) < 4.78 is 39.0. The third-order valence-corrected chi connectivity index (χ3v) is 2.94. The van der Waals surface area contributed by atoms with Gasteiger partial charge in [-0.15, -0.1) is 12.6 Å². The number of alkyl halides is 3. The van der Waals surface area contributed by atoms with E-state index in [1.54, 1.807) is 18.2 Å². The molecule has 1 nitrogen and oxygen atoms in total. The molecule has 0 atom stereocenters. The van der Waals surface area contributed by atoms with Crippen LogP contribution in [0.3, 0.4) is 0 Å². The molecule has 0 bridgehead atoms. The molecule has 2 aromatic carbocycles. The Balaban J connectivity index is 2.73. The Kier molecular flexibility index (Phi) is 3.54. The van der Waals surface area contributed by atoms with Crippen molar-refractivity contribution in [1.82, 2.24) is 0 Å². The summed E-state index contributed by atoms with van der Waals surface area (Å²) in [7, 11) is 0. The van der Waals surface area contributed by atoms with Crippen LogP contribution in [0.5, 0.6) is 0 Å². The van der Waals surface area contributed by atoms with Gasteiger partial charge in [-0.3, -0.25) is 0 Å². The molecule has 96 valence electrons. The number of rotatable bonds is 1. The third-order valence-electron chi connectivity index (χ3n) is 2.65. The average molecular weight is 279 g/mol. The maximum Gasteiger partial charge on any atom is 0.417 e. The largest absolute Gasteiger partial charge is 0.417 e. The van der Waals surface area contributed by atoms with Crippen molar-refractivity contribution in [2.24, 2.45) is 0 Å². The molecule has 0 fully saturated rings. The molecule has 0 radical (unpaired) electrons. The maximum atomic E-state index is 13.0. The van der Waals surface area contributed by atoms with Gasteiger partial charge in [-0.25, -0.2) is 0 Å². The average Bonchev–Trinajstić information content (AvgIpc) is 2.38. The fourth-order valence-electron chi connectivity index (χ4n) is 1.82. The molecule has 0 spiro atoms. The minimum atomic E-state index is -4.50. The van der Waals surface area contributed by atoms with Crippen molar-refractivity contribution in [2.45, 2.75) is 11.1 Å². The van der Waals surface area contributed by atoms with Gasteiger partial charge >= 0.3 is 6.18 Å². The lowest BCUT2D eigenvalue weighted by atomic mass is 9.94. The van der Waals surface area contributed by atoms with Crippen LogP contribution in [-0.2, 0) is 6.18 Å². The molecule has 19 heavy (non-hydrogen) atoms. The summed E-state index contributed by atoms with van der Waals surface area (Å²) in [6.07, 6.45) is -4.50. The van der Waals surface area contributed by atoms with Crippen LogP contribution in [0.1, 0.15) is 11.1 Å². The van der Waals surface area contributed by atoms with E-state index in [1.807, 2.05) is 0 Å². The highest BCUT2D eigenvalue weighted by Gasteiger charge is 2.34. The molecular weight excluding hydrogens is 271 g/mol. The molecule has 2 aromatic rings. The zero-order valence-electron chi connectivity index (χ0n) is 9.57. The van der Waals surface area contributed by atoms with Crippen molar-refractivity contribution < 1.29 is 13.2 Å². The van der Waals surface area contributed by atoms with Crippen LogP contribution in [0.4, 0.5) is 13.2 Å². The second kappa shape index (κ2) is 4.98. The quantitative estimate of drug-likeness (QED) is 0.762. The van der Waals surface area contributed by atoms with Gasteiger partial charge in [-0.1, -0.05) is 18.2 Å². The van der Waals surface area contributed by atoms with Gasteiger partial charge in [0, 0.05) is 10.5 Å². The Morgan fingerprint density at radius 1 is 1.00 bits per heavy atom. The fourth-order valence-corrected chi connectivity index (χ4v) is 1.97. The molecule has 0 saturated carbocycles.